The van der Waals surface area contributed by atoms with Gasteiger partial charge in [0.1, 0.15) is 11.3 Å². The summed E-state index contributed by atoms with van der Waals surface area (Å²) in [5.41, 5.74) is 4.26. The van der Waals surface area contributed by atoms with Crippen molar-refractivity contribution in [1.82, 2.24) is 9.97 Å². The van der Waals surface area contributed by atoms with Crippen LogP contribution >= 0.6 is 0 Å². The molecule has 25 heavy (non-hydrogen) atoms. The van der Waals surface area contributed by atoms with Crippen LogP contribution in [0, 0.1) is 0 Å². The van der Waals surface area contributed by atoms with Gasteiger partial charge in [0.15, 0.2) is 0 Å². The molecule has 0 spiro atoms. The van der Waals surface area contributed by atoms with Crippen molar-refractivity contribution < 1.29 is 4.74 Å². The molecule has 3 nitrogen and oxygen atoms in total. The zero-order chi connectivity index (χ0) is 18.7. The molecule has 1 atom stereocenters. The van der Waals surface area contributed by atoms with Gasteiger partial charge in [0.25, 0.3) is 0 Å². The van der Waals surface area contributed by atoms with Crippen LogP contribution in [0.15, 0.2) is 18.3 Å². The smallest absolute Gasteiger partial charge is 0.147 e. The van der Waals surface area contributed by atoms with E-state index in [-0.39, 0.29) is 10.8 Å². The highest BCUT2D eigenvalue weighted by Gasteiger charge is 2.26. The summed E-state index contributed by atoms with van der Waals surface area (Å²) in [4.78, 5) is 9.65. The lowest BCUT2D eigenvalue weighted by Crippen LogP contribution is -2.21. The number of nitrogens with zero attached hydrogens (tertiary/aromatic N) is 2. The molecule has 3 heteroatoms. The number of fused-ring (bicyclic) bond motifs is 1. The van der Waals surface area contributed by atoms with Crippen molar-refractivity contribution in [2.45, 2.75) is 85.0 Å². The molecule has 0 aliphatic carbocycles. The van der Waals surface area contributed by atoms with Gasteiger partial charge in [-0.15, -0.1) is 0 Å². The summed E-state index contributed by atoms with van der Waals surface area (Å²) in [7, 11) is 0. The lowest BCUT2D eigenvalue weighted by atomic mass is 9.76. The molecule has 0 fully saturated rings. The molecule has 0 N–H and O–H groups in total. The molecular formula is C22H34N2O. The molecule has 1 aromatic carbocycles. The quantitative estimate of drug-likeness (QED) is 0.602. The number of aromatic nitrogens is 2. The lowest BCUT2D eigenvalue weighted by Gasteiger charge is -2.29. The van der Waals surface area contributed by atoms with E-state index in [0.717, 1.165) is 41.7 Å². The molecule has 2 aromatic rings. The van der Waals surface area contributed by atoms with Crippen molar-refractivity contribution in [3.8, 4) is 5.75 Å². The number of rotatable bonds is 7. The first-order valence-corrected chi connectivity index (χ1v) is 9.69. The van der Waals surface area contributed by atoms with E-state index in [2.05, 4.69) is 60.6 Å². The van der Waals surface area contributed by atoms with Crippen molar-refractivity contribution in [3.63, 3.8) is 0 Å². The third-order valence-electron chi connectivity index (χ3n) is 5.12. The first-order chi connectivity index (χ1) is 11.7. The van der Waals surface area contributed by atoms with Gasteiger partial charge in [0.2, 0.25) is 0 Å². The minimum atomic E-state index is -0.0258. The van der Waals surface area contributed by atoms with Crippen LogP contribution in [0.3, 0.4) is 0 Å². The molecule has 0 saturated carbocycles. The molecule has 0 radical (unpaired) electrons. The Kier molecular flexibility index (Phi) is 6.08. The predicted octanol–water partition coefficient (Wildman–Crippen LogP) is 6.18. The normalized spacial score (nSPS) is 14.5. The van der Waals surface area contributed by atoms with E-state index in [1.807, 2.05) is 6.20 Å². The highest BCUT2D eigenvalue weighted by Crippen LogP contribution is 2.37. The maximum absolute atomic E-state index is 6.09. The highest BCUT2D eigenvalue weighted by atomic mass is 16.5. The summed E-state index contributed by atoms with van der Waals surface area (Å²) in [6.07, 6.45) is 6.34. The van der Waals surface area contributed by atoms with Gasteiger partial charge in [0, 0.05) is 11.6 Å². The average Bonchev–Trinajstić information content (AvgIpc) is 2.58. The topological polar surface area (TPSA) is 35.0 Å². The van der Waals surface area contributed by atoms with Gasteiger partial charge < -0.3 is 4.74 Å². The summed E-state index contributed by atoms with van der Waals surface area (Å²) in [5, 5.41) is 0. The molecule has 1 aromatic heterocycles. The van der Waals surface area contributed by atoms with Gasteiger partial charge in [-0.1, -0.05) is 54.9 Å². The van der Waals surface area contributed by atoms with Crippen molar-refractivity contribution >= 4 is 11.0 Å². The van der Waals surface area contributed by atoms with Crippen LogP contribution < -0.4 is 4.74 Å². The van der Waals surface area contributed by atoms with E-state index in [1.165, 1.54) is 12.0 Å². The third-order valence-corrected chi connectivity index (χ3v) is 5.12. The van der Waals surface area contributed by atoms with E-state index >= 15 is 0 Å². The average molecular weight is 343 g/mol. The molecule has 1 heterocycles. The second-order valence-electron chi connectivity index (χ2n) is 8.36. The summed E-state index contributed by atoms with van der Waals surface area (Å²) >= 11 is 0. The highest BCUT2D eigenvalue weighted by molar-refractivity contribution is 5.82. The van der Waals surface area contributed by atoms with Gasteiger partial charge in [-0.3, -0.25) is 4.98 Å². The molecule has 0 bridgehead atoms. The second-order valence-corrected chi connectivity index (χ2v) is 8.36. The van der Waals surface area contributed by atoms with Crippen LogP contribution in [0.2, 0.25) is 0 Å². The summed E-state index contributed by atoms with van der Waals surface area (Å²) in [5.74, 6) is 0.878. The molecule has 1 unspecified atom stereocenters. The fraction of sp³-hybridized carbons (Fsp3) is 0.636. The number of benzene rings is 1. The third kappa shape index (κ3) is 4.31. The SMILES string of the molecule is CCCOc1cc(C(C)(CC)CCC)cc2ncc(C(C)(C)C)nc12. The Morgan fingerprint density at radius 1 is 1.00 bits per heavy atom. The van der Waals surface area contributed by atoms with Crippen molar-refractivity contribution in [3.05, 3.63) is 29.6 Å². The van der Waals surface area contributed by atoms with Gasteiger partial charge >= 0.3 is 0 Å². The standard InChI is InChI=1S/C22H34N2O/c1-8-11-22(7,10-3)16-13-17-20(18(14-16)25-12-9-2)24-19(15-23-17)21(4,5)6/h13-15H,8-12H2,1-7H3. The largest absolute Gasteiger partial charge is 0.491 e. The van der Waals surface area contributed by atoms with Crippen LogP contribution in [0.1, 0.15) is 85.4 Å². The van der Waals surface area contributed by atoms with Gasteiger partial charge in [-0.25, -0.2) is 4.98 Å². The van der Waals surface area contributed by atoms with E-state index < -0.39 is 0 Å². The molecule has 0 aliphatic rings. The number of ether oxygens (including phenoxy) is 1. The van der Waals surface area contributed by atoms with Gasteiger partial charge in [0.05, 0.1) is 17.8 Å². The Morgan fingerprint density at radius 2 is 1.72 bits per heavy atom. The van der Waals surface area contributed by atoms with Crippen molar-refractivity contribution in [2.24, 2.45) is 0 Å². The fourth-order valence-corrected chi connectivity index (χ4v) is 3.19. The minimum absolute atomic E-state index is 0.0258. The number of hydrogen-bond donors (Lipinski definition) is 0. The number of hydrogen-bond acceptors (Lipinski definition) is 3. The van der Waals surface area contributed by atoms with Crippen LogP contribution in [-0.2, 0) is 10.8 Å². The lowest BCUT2D eigenvalue weighted by molar-refractivity contribution is 0.318. The van der Waals surface area contributed by atoms with E-state index in [9.17, 15) is 0 Å². The monoisotopic (exact) mass is 342 g/mol. The van der Waals surface area contributed by atoms with E-state index in [4.69, 9.17) is 14.7 Å². The zero-order valence-electron chi connectivity index (χ0n) is 17.1. The predicted molar refractivity (Wildman–Crippen MR) is 107 cm³/mol. The Balaban J connectivity index is 2.65. The Hall–Kier alpha value is -1.64. The van der Waals surface area contributed by atoms with Crippen molar-refractivity contribution in [1.29, 1.82) is 0 Å². The minimum Gasteiger partial charge on any atom is -0.491 e. The van der Waals surface area contributed by atoms with Crippen molar-refractivity contribution in [2.75, 3.05) is 6.61 Å². The second kappa shape index (κ2) is 7.72. The first kappa shape index (κ1) is 19.7. The molecule has 2 rings (SSSR count). The maximum atomic E-state index is 6.09. The van der Waals surface area contributed by atoms with E-state index in [0.29, 0.717) is 6.61 Å². The zero-order valence-corrected chi connectivity index (χ0v) is 17.1. The Labute approximate surface area is 153 Å². The van der Waals surface area contributed by atoms with Crippen LogP contribution in [0.4, 0.5) is 0 Å². The van der Waals surface area contributed by atoms with E-state index in [1.54, 1.807) is 0 Å². The molecular weight excluding hydrogens is 308 g/mol. The summed E-state index contributed by atoms with van der Waals surface area (Å²) < 4.78 is 6.09. The fourth-order valence-electron chi connectivity index (χ4n) is 3.19. The summed E-state index contributed by atoms with van der Waals surface area (Å²) in [6, 6.07) is 4.42. The summed E-state index contributed by atoms with van der Waals surface area (Å²) in [6.45, 7) is 16.2. The van der Waals surface area contributed by atoms with Gasteiger partial charge in [-0.05, 0) is 42.4 Å². The van der Waals surface area contributed by atoms with Crippen LogP contribution in [0.5, 0.6) is 5.75 Å². The van der Waals surface area contributed by atoms with Gasteiger partial charge in [-0.2, -0.15) is 0 Å². The molecule has 138 valence electrons. The van der Waals surface area contributed by atoms with Crippen LogP contribution in [0.25, 0.3) is 11.0 Å². The first-order valence-electron chi connectivity index (χ1n) is 9.69. The van der Waals surface area contributed by atoms with Crippen LogP contribution in [-0.4, -0.2) is 16.6 Å². The Morgan fingerprint density at radius 3 is 2.28 bits per heavy atom. The Bertz CT molecular complexity index is 718. The molecule has 0 aliphatic heterocycles. The molecule has 0 amide bonds. The maximum Gasteiger partial charge on any atom is 0.147 e. The molecule has 0 saturated heterocycles.